The molecule has 0 heterocycles. The molecular formula is C31H24Cl2Zr-2. The number of halogens is 2. The fourth-order valence-corrected chi connectivity index (χ4v) is 4.06. The number of hydrogen-bond donors (Lipinski definition) is 0. The van der Waals surface area contributed by atoms with Crippen molar-refractivity contribution in [1.82, 2.24) is 0 Å². The van der Waals surface area contributed by atoms with E-state index in [0.717, 1.165) is 0 Å². The first-order valence-electron chi connectivity index (χ1n) is 10.7. The van der Waals surface area contributed by atoms with Crippen molar-refractivity contribution in [2.24, 2.45) is 0 Å². The van der Waals surface area contributed by atoms with Gasteiger partial charge in [-0.2, -0.15) is 0 Å². The maximum absolute atomic E-state index is 3.34. The van der Waals surface area contributed by atoms with Crippen LogP contribution in [0.15, 0.2) is 133 Å². The topological polar surface area (TPSA) is 0 Å². The first-order chi connectivity index (χ1) is 15.9. The van der Waals surface area contributed by atoms with Gasteiger partial charge in [-0.25, -0.2) is 0 Å². The van der Waals surface area contributed by atoms with Gasteiger partial charge in [-0.05, 0) is 0 Å². The molecule has 0 bridgehead atoms. The van der Waals surface area contributed by atoms with Gasteiger partial charge in [-0.3, -0.25) is 0 Å². The molecule has 34 heavy (non-hydrogen) atoms. The van der Waals surface area contributed by atoms with Gasteiger partial charge >= 0.3 is 28.4 Å². The maximum atomic E-state index is 3.34. The second kappa shape index (κ2) is 14.0. The third kappa shape index (κ3) is 6.30. The Bertz CT molecular complexity index is 1290. The van der Waals surface area contributed by atoms with E-state index in [2.05, 4.69) is 138 Å². The molecule has 0 spiro atoms. The zero-order valence-corrected chi connectivity index (χ0v) is 22.6. The van der Waals surface area contributed by atoms with E-state index in [0.29, 0.717) is 0 Å². The predicted molar refractivity (Wildman–Crippen MR) is 137 cm³/mol. The third-order valence-electron chi connectivity index (χ3n) is 5.51. The molecule has 0 fully saturated rings. The fraction of sp³-hybridized carbons (Fsp3) is 0. The second-order valence-electron chi connectivity index (χ2n) is 7.40. The average Bonchev–Trinajstić information content (AvgIpc) is 3.52. The zero-order chi connectivity index (χ0) is 22.2. The monoisotopic (exact) mass is 556 g/mol. The van der Waals surface area contributed by atoms with Gasteiger partial charge in [-0.1, -0.05) is 102 Å². The smallest absolute Gasteiger partial charge is 0.0633 e. The Balaban J connectivity index is 0.000000217. The molecule has 0 aliphatic heterocycles. The Morgan fingerprint density at radius 3 is 1.56 bits per heavy atom. The summed E-state index contributed by atoms with van der Waals surface area (Å²) in [6.07, 6.45) is 0. The van der Waals surface area contributed by atoms with Gasteiger partial charge in [0.1, 0.15) is 0 Å². The third-order valence-corrected chi connectivity index (χ3v) is 5.51. The minimum absolute atomic E-state index is 0. The van der Waals surface area contributed by atoms with E-state index >= 15 is 0 Å². The average molecular weight is 559 g/mol. The summed E-state index contributed by atoms with van der Waals surface area (Å²) in [5, 5.41) is 5.39. The molecule has 0 radical (unpaired) electrons. The van der Waals surface area contributed by atoms with Crippen molar-refractivity contribution in [2.45, 2.75) is 0 Å². The van der Waals surface area contributed by atoms with Crippen LogP contribution in [0.4, 0.5) is 0 Å². The molecule has 0 saturated carbocycles. The van der Waals surface area contributed by atoms with E-state index in [-0.39, 0.29) is 24.8 Å². The summed E-state index contributed by atoms with van der Waals surface area (Å²) >= 11 is 1.30. The molecular weight excluding hydrogens is 534 g/mol. The van der Waals surface area contributed by atoms with Crippen LogP contribution in [-0.4, -0.2) is 4.21 Å². The molecule has 0 aliphatic carbocycles. The van der Waals surface area contributed by atoms with Gasteiger partial charge in [0.25, 0.3) is 0 Å². The first-order valence-corrected chi connectivity index (χ1v) is 12.4. The standard InChI is InChI=1S/C17H13.C13H9.CH2.2ClH.Zr/c1-3-8-14(9-4-1)16-12-7-13-17(16)15-10-5-2-6-11-15;1-3-7-12-10(5-1)9-11-6-2-4-8-13(11)12;;;;/h1-13H;1-9H;1H2;2*1H;/q2*-1;;;;+2/p-2. The summed E-state index contributed by atoms with van der Waals surface area (Å²) in [5.41, 5.74) is 5.15. The minimum atomic E-state index is 0. The maximum Gasteiger partial charge on any atom is -0.0633 e. The number of fused-ring (bicyclic) bond motifs is 3. The van der Waals surface area contributed by atoms with Crippen LogP contribution < -0.4 is 24.8 Å². The number of hydrogen-bond acceptors (Lipinski definition) is 0. The predicted octanol–water partition coefficient (Wildman–Crippen LogP) is 2.42. The second-order valence-corrected chi connectivity index (χ2v) is 7.40. The summed E-state index contributed by atoms with van der Waals surface area (Å²) in [5.74, 6) is 0. The van der Waals surface area contributed by atoms with Crippen molar-refractivity contribution in [1.29, 1.82) is 0 Å². The van der Waals surface area contributed by atoms with Crippen LogP contribution in [0.25, 0.3) is 43.8 Å². The largest absolute Gasteiger partial charge is 1.00 e. The van der Waals surface area contributed by atoms with Gasteiger partial charge in [0.15, 0.2) is 0 Å². The Hall–Kier alpha value is -2.57. The van der Waals surface area contributed by atoms with Crippen LogP contribution in [0.5, 0.6) is 0 Å². The molecule has 0 nitrogen and oxygen atoms in total. The van der Waals surface area contributed by atoms with Crippen molar-refractivity contribution in [2.75, 3.05) is 0 Å². The Morgan fingerprint density at radius 2 is 1.00 bits per heavy atom. The van der Waals surface area contributed by atoms with E-state index in [9.17, 15) is 0 Å². The van der Waals surface area contributed by atoms with Gasteiger partial charge in [-0.15, -0.1) is 75.6 Å². The number of rotatable bonds is 2. The van der Waals surface area contributed by atoms with Crippen LogP contribution in [0, 0.1) is 0 Å². The summed E-state index contributed by atoms with van der Waals surface area (Å²) in [6.45, 7) is 0. The van der Waals surface area contributed by atoms with E-state index in [4.69, 9.17) is 0 Å². The van der Waals surface area contributed by atoms with Crippen LogP contribution >= 0.6 is 0 Å². The van der Waals surface area contributed by atoms with E-state index in [1.807, 2.05) is 0 Å². The van der Waals surface area contributed by atoms with Gasteiger partial charge in [0.2, 0.25) is 0 Å². The molecule has 0 N–H and O–H groups in total. The van der Waals surface area contributed by atoms with Crippen molar-refractivity contribution in [3.63, 3.8) is 0 Å². The van der Waals surface area contributed by atoms with Crippen LogP contribution in [-0.2, 0) is 24.2 Å². The van der Waals surface area contributed by atoms with Crippen LogP contribution in [0.3, 0.4) is 0 Å². The van der Waals surface area contributed by atoms with Gasteiger partial charge in [0, 0.05) is 0 Å². The molecule has 0 saturated heterocycles. The van der Waals surface area contributed by atoms with Crippen LogP contribution in [0.2, 0.25) is 0 Å². The van der Waals surface area contributed by atoms with E-state index in [1.54, 1.807) is 0 Å². The molecule has 6 aromatic rings. The Labute approximate surface area is 229 Å². The molecule has 0 unspecified atom stereocenters. The van der Waals surface area contributed by atoms with Crippen molar-refractivity contribution in [3.8, 4) is 22.3 Å². The zero-order valence-electron chi connectivity index (χ0n) is 18.7. The Kier molecular flexibility index (Phi) is 11.4. The molecule has 6 aromatic carbocycles. The fourth-order valence-electron chi connectivity index (χ4n) is 4.06. The van der Waals surface area contributed by atoms with Crippen molar-refractivity contribution >= 4 is 25.8 Å². The molecule has 0 amide bonds. The quantitative estimate of drug-likeness (QED) is 0.287. The Morgan fingerprint density at radius 1 is 0.529 bits per heavy atom. The molecule has 0 aliphatic rings. The SMILES string of the molecule is [CH2]=[Zr+2].[Cl-].[Cl-].c1ccc(-c2ccc[c-]2-c2ccccc2)cc1.c1ccc2c(c1)[cH-]c1ccccc12. The molecule has 6 rings (SSSR count). The molecule has 0 atom stereocenters. The molecule has 168 valence electrons. The minimum Gasteiger partial charge on any atom is -1.00 e. The summed E-state index contributed by atoms with van der Waals surface area (Å²) < 4.78 is 3.34. The molecule has 3 heteroatoms. The van der Waals surface area contributed by atoms with Crippen molar-refractivity contribution < 1.29 is 49.0 Å². The summed E-state index contributed by atoms with van der Waals surface area (Å²) in [4.78, 5) is 0. The summed E-state index contributed by atoms with van der Waals surface area (Å²) in [7, 11) is 0. The van der Waals surface area contributed by atoms with Gasteiger partial charge < -0.3 is 24.8 Å². The summed E-state index contributed by atoms with van der Waals surface area (Å²) in [6, 6.07) is 46.8. The normalized spacial score (nSPS) is 9.59. The van der Waals surface area contributed by atoms with Crippen molar-refractivity contribution in [3.05, 3.63) is 133 Å². The first kappa shape index (κ1) is 27.7. The van der Waals surface area contributed by atoms with Crippen LogP contribution in [0.1, 0.15) is 0 Å². The van der Waals surface area contributed by atoms with E-state index in [1.165, 1.54) is 68.0 Å². The van der Waals surface area contributed by atoms with E-state index < -0.39 is 0 Å². The van der Waals surface area contributed by atoms with Gasteiger partial charge in [0.05, 0.1) is 0 Å². The number of benzene rings is 4. The molecule has 0 aromatic heterocycles.